The zero-order valence-electron chi connectivity index (χ0n) is 12.9. The monoisotopic (exact) mass is 438 g/mol. The van der Waals surface area contributed by atoms with Crippen molar-refractivity contribution in [2.45, 2.75) is 19.4 Å². The molecule has 0 fully saturated rings. The summed E-state index contributed by atoms with van der Waals surface area (Å²) in [6.45, 7) is 1.38. The van der Waals surface area contributed by atoms with Gasteiger partial charge in [0.15, 0.2) is 5.96 Å². The highest BCUT2D eigenvalue weighted by Crippen LogP contribution is 2.12. The summed E-state index contributed by atoms with van der Waals surface area (Å²) in [4.78, 5) is 14.5. The number of nitro benzene ring substituents is 1. The molecule has 22 heavy (non-hydrogen) atoms. The standard InChI is InChI=1S/C14H22N4O2S.HI/c1-15-14(16-8-3-4-9-21-2)17-11-12-6-5-7-13(10-12)18(19)20;/h5-7,10H,3-4,8-9,11H2,1-2H3,(H2,15,16,17);1H. The lowest BCUT2D eigenvalue weighted by atomic mass is 10.2. The fourth-order valence-corrected chi connectivity index (χ4v) is 2.26. The van der Waals surface area contributed by atoms with Crippen molar-refractivity contribution in [1.29, 1.82) is 0 Å². The molecular formula is C14H23IN4O2S. The van der Waals surface area contributed by atoms with Gasteiger partial charge < -0.3 is 10.6 Å². The van der Waals surface area contributed by atoms with Crippen LogP contribution in [0.4, 0.5) is 5.69 Å². The highest BCUT2D eigenvalue weighted by molar-refractivity contribution is 14.0. The molecule has 0 unspecified atom stereocenters. The van der Waals surface area contributed by atoms with Crippen molar-refractivity contribution in [2.75, 3.05) is 25.6 Å². The van der Waals surface area contributed by atoms with Gasteiger partial charge in [-0.1, -0.05) is 12.1 Å². The molecule has 0 spiro atoms. The number of non-ortho nitro benzene ring substituents is 1. The molecule has 0 amide bonds. The van der Waals surface area contributed by atoms with E-state index in [1.54, 1.807) is 19.2 Å². The van der Waals surface area contributed by atoms with Gasteiger partial charge >= 0.3 is 0 Å². The van der Waals surface area contributed by atoms with Gasteiger partial charge in [-0.25, -0.2) is 0 Å². The van der Waals surface area contributed by atoms with E-state index in [-0.39, 0.29) is 34.6 Å². The van der Waals surface area contributed by atoms with Crippen molar-refractivity contribution in [1.82, 2.24) is 10.6 Å². The Morgan fingerprint density at radius 1 is 1.36 bits per heavy atom. The molecular weight excluding hydrogens is 415 g/mol. The smallest absolute Gasteiger partial charge is 0.269 e. The Hall–Kier alpha value is -1.03. The van der Waals surface area contributed by atoms with Crippen LogP contribution >= 0.6 is 35.7 Å². The summed E-state index contributed by atoms with van der Waals surface area (Å²) in [7, 11) is 1.71. The molecule has 0 heterocycles. The van der Waals surface area contributed by atoms with E-state index in [1.807, 2.05) is 17.8 Å². The predicted octanol–water partition coefficient (Wildman–Crippen LogP) is 3.02. The van der Waals surface area contributed by atoms with Crippen LogP contribution < -0.4 is 10.6 Å². The number of guanidine groups is 1. The van der Waals surface area contributed by atoms with E-state index in [9.17, 15) is 10.1 Å². The van der Waals surface area contributed by atoms with E-state index >= 15 is 0 Å². The second-order valence-corrected chi connectivity index (χ2v) is 5.47. The van der Waals surface area contributed by atoms with E-state index in [4.69, 9.17) is 0 Å². The zero-order valence-corrected chi connectivity index (χ0v) is 16.0. The highest BCUT2D eigenvalue weighted by Gasteiger charge is 2.05. The summed E-state index contributed by atoms with van der Waals surface area (Å²) in [6.07, 6.45) is 4.38. The quantitative estimate of drug-likeness (QED) is 0.163. The van der Waals surface area contributed by atoms with Crippen molar-refractivity contribution in [2.24, 2.45) is 4.99 Å². The number of unbranched alkanes of at least 4 members (excludes halogenated alkanes) is 1. The maximum atomic E-state index is 10.7. The van der Waals surface area contributed by atoms with Crippen LogP contribution in [0.15, 0.2) is 29.3 Å². The number of rotatable bonds is 8. The Kier molecular flexibility index (Phi) is 11.9. The van der Waals surface area contributed by atoms with Gasteiger partial charge in [0.1, 0.15) is 0 Å². The van der Waals surface area contributed by atoms with Crippen molar-refractivity contribution >= 4 is 47.4 Å². The molecule has 0 bridgehead atoms. The molecule has 0 atom stereocenters. The molecule has 1 aromatic rings. The molecule has 2 N–H and O–H groups in total. The molecule has 1 rings (SSSR count). The Morgan fingerprint density at radius 2 is 2.14 bits per heavy atom. The van der Waals surface area contributed by atoms with Gasteiger partial charge in [-0.05, 0) is 30.4 Å². The lowest BCUT2D eigenvalue weighted by Gasteiger charge is -2.11. The maximum absolute atomic E-state index is 10.7. The molecule has 0 aromatic heterocycles. The minimum Gasteiger partial charge on any atom is -0.356 e. The molecule has 8 heteroatoms. The van der Waals surface area contributed by atoms with Crippen LogP contribution in [0.3, 0.4) is 0 Å². The maximum Gasteiger partial charge on any atom is 0.269 e. The van der Waals surface area contributed by atoms with Gasteiger partial charge in [-0.15, -0.1) is 24.0 Å². The Labute approximate surface area is 152 Å². The molecule has 6 nitrogen and oxygen atoms in total. The van der Waals surface area contributed by atoms with Crippen LogP contribution in [0, 0.1) is 10.1 Å². The van der Waals surface area contributed by atoms with Crippen molar-refractivity contribution in [3.05, 3.63) is 39.9 Å². The minimum atomic E-state index is -0.387. The molecule has 1 aromatic carbocycles. The second-order valence-electron chi connectivity index (χ2n) is 4.48. The van der Waals surface area contributed by atoms with E-state index in [1.165, 1.54) is 18.2 Å². The third kappa shape index (κ3) is 8.42. The average molecular weight is 438 g/mol. The first-order valence-electron chi connectivity index (χ1n) is 6.84. The van der Waals surface area contributed by atoms with Crippen molar-refractivity contribution in [3.63, 3.8) is 0 Å². The first kappa shape index (κ1) is 21.0. The fourth-order valence-electron chi connectivity index (χ4n) is 1.76. The Balaban J connectivity index is 0.00000441. The van der Waals surface area contributed by atoms with Gasteiger partial charge in [-0.2, -0.15) is 11.8 Å². The van der Waals surface area contributed by atoms with Crippen LogP contribution in [0.1, 0.15) is 18.4 Å². The Morgan fingerprint density at radius 3 is 2.77 bits per heavy atom. The summed E-state index contributed by atoms with van der Waals surface area (Å²) in [6, 6.07) is 6.60. The number of thioether (sulfide) groups is 1. The van der Waals surface area contributed by atoms with Gasteiger partial charge in [-0.3, -0.25) is 15.1 Å². The minimum absolute atomic E-state index is 0. The van der Waals surface area contributed by atoms with E-state index in [0.29, 0.717) is 12.5 Å². The molecule has 0 saturated carbocycles. The Bertz CT molecular complexity index is 486. The number of hydrogen-bond donors (Lipinski definition) is 2. The second kappa shape index (κ2) is 12.5. The predicted molar refractivity (Wildman–Crippen MR) is 104 cm³/mol. The lowest BCUT2D eigenvalue weighted by Crippen LogP contribution is -2.37. The van der Waals surface area contributed by atoms with Crippen molar-refractivity contribution < 1.29 is 4.92 Å². The number of hydrogen-bond acceptors (Lipinski definition) is 4. The van der Waals surface area contributed by atoms with Crippen LogP contribution in [0.2, 0.25) is 0 Å². The number of nitrogens with zero attached hydrogens (tertiary/aromatic N) is 2. The van der Waals surface area contributed by atoms with Crippen LogP contribution in [-0.4, -0.2) is 36.5 Å². The number of benzene rings is 1. The SMILES string of the molecule is CN=C(NCCCCSC)NCc1cccc([N+](=O)[O-])c1.I. The average Bonchev–Trinajstić information content (AvgIpc) is 2.50. The number of nitro groups is 1. The first-order valence-corrected chi connectivity index (χ1v) is 8.23. The molecule has 0 saturated heterocycles. The summed E-state index contributed by atoms with van der Waals surface area (Å²) < 4.78 is 0. The third-order valence-corrected chi connectivity index (χ3v) is 3.57. The van der Waals surface area contributed by atoms with Gasteiger partial charge in [0.25, 0.3) is 5.69 Å². The van der Waals surface area contributed by atoms with E-state index in [0.717, 1.165) is 18.5 Å². The van der Waals surface area contributed by atoms with Gasteiger partial charge in [0.05, 0.1) is 4.92 Å². The summed E-state index contributed by atoms with van der Waals surface area (Å²) >= 11 is 1.85. The van der Waals surface area contributed by atoms with E-state index in [2.05, 4.69) is 21.9 Å². The highest BCUT2D eigenvalue weighted by atomic mass is 127. The largest absolute Gasteiger partial charge is 0.356 e. The molecule has 0 radical (unpaired) electrons. The molecule has 0 aliphatic carbocycles. The number of halogens is 1. The zero-order chi connectivity index (χ0) is 15.5. The van der Waals surface area contributed by atoms with E-state index < -0.39 is 0 Å². The third-order valence-electron chi connectivity index (χ3n) is 2.87. The number of nitrogens with one attached hydrogen (secondary N) is 2. The normalized spacial score (nSPS) is 10.7. The summed E-state index contributed by atoms with van der Waals surface area (Å²) in [5.41, 5.74) is 0.962. The summed E-state index contributed by atoms with van der Waals surface area (Å²) in [5.74, 6) is 1.88. The number of aliphatic imine (C=N–C) groups is 1. The lowest BCUT2D eigenvalue weighted by molar-refractivity contribution is -0.384. The van der Waals surface area contributed by atoms with Gasteiger partial charge in [0.2, 0.25) is 0 Å². The summed E-state index contributed by atoms with van der Waals surface area (Å²) in [5, 5.41) is 17.1. The van der Waals surface area contributed by atoms with Crippen LogP contribution in [0.5, 0.6) is 0 Å². The fraction of sp³-hybridized carbons (Fsp3) is 0.500. The first-order chi connectivity index (χ1) is 10.2. The molecule has 0 aliphatic heterocycles. The molecule has 0 aliphatic rings. The van der Waals surface area contributed by atoms with Crippen molar-refractivity contribution in [3.8, 4) is 0 Å². The topological polar surface area (TPSA) is 79.6 Å². The van der Waals surface area contributed by atoms with Crippen LogP contribution in [0.25, 0.3) is 0 Å². The molecule has 124 valence electrons. The van der Waals surface area contributed by atoms with Gasteiger partial charge in [0, 0.05) is 32.3 Å². The van der Waals surface area contributed by atoms with Crippen LogP contribution in [-0.2, 0) is 6.54 Å².